The summed E-state index contributed by atoms with van der Waals surface area (Å²) in [4.78, 5) is 13.2. The molecule has 1 rings (SSSR count). The largest absolute Gasteiger partial charge is 0.355 e. The average Bonchev–Trinajstić information content (AvgIpc) is 2.66. The van der Waals surface area contributed by atoms with Gasteiger partial charge in [-0.2, -0.15) is 0 Å². The molecule has 3 N–H and O–H groups in total. The van der Waals surface area contributed by atoms with Gasteiger partial charge in [-0.25, -0.2) is 0 Å². The van der Waals surface area contributed by atoms with E-state index in [1.165, 1.54) is 0 Å². The van der Waals surface area contributed by atoms with Crippen LogP contribution in [-0.4, -0.2) is 44.0 Å². The number of likely N-dealkylation sites (N-methyl/N-ethyl adjacent to an activating group) is 1. The quantitative estimate of drug-likeness (QED) is 0.571. The summed E-state index contributed by atoms with van der Waals surface area (Å²) >= 11 is 0. The van der Waals surface area contributed by atoms with Crippen molar-refractivity contribution in [1.29, 1.82) is 0 Å². The predicted molar refractivity (Wildman–Crippen MR) is 47.6 cm³/mol. The highest BCUT2D eigenvalue weighted by Gasteiger charge is 2.39. The molecule has 2 atom stereocenters. The second-order valence-corrected chi connectivity index (χ2v) is 3.60. The van der Waals surface area contributed by atoms with Gasteiger partial charge in [-0.3, -0.25) is 4.79 Å². The molecule has 0 aromatic heterocycles. The molecule has 70 valence electrons. The van der Waals surface area contributed by atoms with Gasteiger partial charge in [0.2, 0.25) is 5.91 Å². The first-order chi connectivity index (χ1) is 5.61. The molecular formula is C8H17N3O. The molecule has 0 saturated heterocycles. The van der Waals surface area contributed by atoms with E-state index in [2.05, 4.69) is 5.32 Å². The molecule has 0 aromatic rings. The lowest BCUT2D eigenvalue weighted by molar-refractivity contribution is -0.122. The Morgan fingerprint density at radius 3 is 2.67 bits per heavy atom. The van der Waals surface area contributed by atoms with Crippen LogP contribution in [-0.2, 0) is 4.79 Å². The van der Waals surface area contributed by atoms with E-state index in [0.717, 1.165) is 19.5 Å². The Bertz CT molecular complexity index is 170. The summed E-state index contributed by atoms with van der Waals surface area (Å²) in [5.41, 5.74) is 5.53. The van der Waals surface area contributed by atoms with Gasteiger partial charge in [0, 0.05) is 19.1 Å². The van der Waals surface area contributed by atoms with Gasteiger partial charge < -0.3 is 16.0 Å². The number of carbonyl (C=O) groups is 1. The number of rotatable bonds is 4. The Balaban J connectivity index is 2.03. The normalized spacial score (nSPS) is 27.3. The molecule has 0 bridgehead atoms. The maximum Gasteiger partial charge on any atom is 0.224 e. The third-order valence-electron chi connectivity index (χ3n) is 2.03. The van der Waals surface area contributed by atoms with Crippen LogP contribution in [0.4, 0.5) is 0 Å². The Morgan fingerprint density at radius 1 is 1.67 bits per heavy atom. The lowest BCUT2D eigenvalue weighted by Crippen LogP contribution is -2.33. The first-order valence-electron chi connectivity index (χ1n) is 4.29. The van der Waals surface area contributed by atoms with Crippen LogP contribution in [0, 0.1) is 5.92 Å². The summed E-state index contributed by atoms with van der Waals surface area (Å²) in [6.07, 6.45) is 0.855. The minimum absolute atomic E-state index is 0.0900. The first kappa shape index (κ1) is 9.48. The zero-order valence-corrected chi connectivity index (χ0v) is 7.71. The maximum atomic E-state index is 11.2. The fraction of sp³-hybridized carbons (Fsp3) is 0.875. The Labute approximate surface area is 73.1 Å². The van der Waals surface area contributed by atoms with Crippen LogP contribution in [0.5, 0.6) is 0 Å². The molecule has 1 fully saturated rings. The third-order valence-corrected chi connectivity index (χ3v) is 2.03. The van der Waals surface area contributed by atoms with Crippen molar-refractivity contribution in [2.75, 3.05) is 27.2 Å². The van der Waals surface area contributed by atoms with E-state index < -0.39 is 0 Å². The number of amides is 1. The van der Waals surface area contributed by atoms with Crippen molar-refractivity contribution in [2.45, 2.75) is 12.5 Å². The number of nitrogens with two attached hydrogens (primary N) is 1. The minimum atomic E-state index is 0.0900. The first-order valence-corrected chi connectivity index (χ1v) is 4.29. The molecule has 4 nitrogen and oxygen atoms in total. The van der Waals surface area contributed by atoms with Crippen molar-refractivity contribution in [3.63, 3.8) is 0 Å². The fourth-order valence-electron chi connectivity index (χ4n) is 1.05. The van der Waals surface area contributed by atoms with Crippen molar-refractivity contribution in [3.05, 3.63) is 0 Å². The van der Waals surface area contributed by atoms with E-state index in [1.807, 2.05) is 19.0 Å². The highest BCUT2D eigenvalue weighted by Crippen LogP contribution is 2.27. The molecule has 1 aliphatic carbocycles. The number of nitrogens with zero attached hydrogens (tertiary/aromatic N) is 1. The molecule has 0 radical (unpaired) electrons. The highest BCUT2D eigenvalue weighted by molar-refractivity contribution is 5.82. The molecule has 1 amide bonds. The van der Waals surface area contributed by atoms with Gasteiger partial charge in [-0.15, -0.1) is 0 Å². The molecule has 2 unspecified atom stereocenters. The highest BCUT2D eigenvalue weighted by atomic mass is 16.2. The van der Waals surface area contributed by atoms with Crippen molar-refractivity contribution >= 4 is 5.91 Å². The monoisotopic (exact) mass is 171 g/mol. The smallest absolute Gasteiger partial charge is 0.224 e. The minimum Gasteiger partial charge on any atom is -0.355 e. The van der Waals surface area contributed by atoms with Crippen LogP contribution in [0.2, 0.25) is 0 Å². The molecule has 0 aliphatic heterocycles. The molecule has 0 heterocycles. The number of nitrogens with one attached hydrogen (secondary N) is 1. The second-order valence-electron chi connectivity index (χ2n) is 3.60. The molecule has 0 spiro atoms. The summed E-state index contributed by atoms with van der Waals surface area (Å²) in [5.74, 6) is 0.205. The summed E-state index contributed by atoms with van der Waals surface area (Å²) in [6, 6.07) is 0.115. The van der Waals surface area contributed by atoms with Gasteiger partial charge >= 0.3 is 0 Å². The average molecular weight is 171 g/mol. The lowest BCUT2D eigenvalue weighted by atomic mass is 10.4. The van der Waals surface area contributed by atoms with Gasteiger partial charge in [0.15, 0.2) is 0 Å². The predicted octanol–water partition coefficient (Wildman–Crippen LogP) is -0.989. The van der Waals surface area contributed by atoms with Gasteiger partial charge in [0.05, 0.1) is 5.92 Å². The van der Waals surface area contributed by atoms with Crippen molar-refractivity contribution in [2.24, 2.45) is 11.7 Å². The van der Waals surface area contributed by atoms with E-state index in [-0.39, 0.29) is 17.9 Å². The maximum absolute atomic E-state index is 11.2. The number of hydrogen-bond donors (Lipinski definition) is 2. The molecule has 1 aliphatic rings. The zero-order valence-electron chi connectivity index (χ0n) is 7.71. The van der Waals surface area contributed by atoms with Gasteiger partial charge in [0.25, 0.3) is 0 Å². The summed E-state index contributed by atoms with van der Waals surface area (Å²) in [6.45, 7) is 1.60. The van der Waals surface area contributed by atoms with Gasteiger partial charge in [-0.1, -0.05) is 0 Å². The van der Waals surface area contributed by atoms with Crippen LogP contribution in [0.25, 0.3) is 0 Å². The second kappa shape index (κ2) is 3.87. The summed E-state index contributed by atoms with van der Waals surface area (Å²) in [7, 11) is 3.96. The number of hydrogen-bond acceptors (Lipinski definition) is 3. The van der Waals surface area contributed by atoms with Crippen molar-refractivity contribution in [1.82, 2.24) is 10.2 Å². The Morgan fingerprint density at radius 2 is 2.25 bits per heavy atom. The van der Waals surface area contributed by atoms with Crippen molar-refractivity contribution in [3.8, 4) is 0 Å². The van der Waals surface area contributed by atoms with Gasteiger partial charge in [0.1, 0.15) is 0 Å². The van der Waals surface area contributed by atoms with Crippen molar-refractivity contribution < 1.29 is 4.79 Å². The van der Waals surface area contributed by atoms with E-state index in [9.17, 15) is 4.79 Å². The van der Waals surface area contributed by atoms with E-state index >= 15 is 0 Å². The third kappa shape index (κ3) is 2.79. The Hall–Kier alpha value is -0.610. The molecule has 4 heteroatoms. The molecule has 0 aromatic carbocycles. The lowest BCUT2D eigenvalue weighted by Gasteiger charge is -2.09. The van der Waals surface area contributed by atoms with E-state index in [4.69, 9.17) is 5.73 Å². The summed E-state index contributed by atoms with van der Waals surface area (Å²) in [5, 5.41) is 2.85. The molecule has 12 heavy (non-hydrogen) atoms. The van der Waals surface area contributed by atoms with E-state index in [0.29, 0.717) is 0 Å². The Kier molecular flexibility index (Phi) is 3.05. The van der Waals surface area contributed by atoms with Crippen LogP contribution >= 0.6 is 0 Å². The number of carbonyl (C=O) groups excluding carboxylic acids is 1. The van der Waals surface area contributed by atoms with Crippen LogP contribution in [0.3, 0.4) is 0 Å². The zero-order chi connectivity index (χ0) is 9.14. The SMILES string of the molecule is CN(C)CCNC(=O)C1CC1N. The van der Waals surface area contributed by atoms with Crippen LogP contribution in [0.1, 0.15) is 6.42 Å². The molecular weight excluding hydrogens is 154 g/mol. The topological polar surface area (TPSA) is 58.4 Å². The fourth-order valence-corrected chi connectivity index (χ4v) is 1.05. The summed E-state index contributed by atoms with van der Waals surface area (Å²) < 4.78 is 0. The van der Waals surface area contributed by atoms with Gasteiger partial charge in [-0.05, 0) is 20.5 Å². The van der Waals surface area contributed by atoms with E-state index in [1.54, 1.807) is 0 Å². The molecule has 1 saturated carbocycles. The van der Waals surface area contributed by atoms with Crippen LogP contribution < -0.4 is 11.1 Å². The standard InChI is InChI=1S/C8H17N3O/c1-11(2)4-3-10-8(12)6-5-7(6)9/h6-7H,3-5,9H2,1-2H3,(H,10,12). The van der Waals surface area contributed by atoms with Crippen LogP contribution in [0.15, 0.2) is 0 Å².